The Morgan fingerprint density at radius 1 is 1.00 bits per heavy atom. The topological polar surface area (TPSA) is 103 Å². The smallest absolute Gasteiger partial charge is 0.286 e. The fraction of sp³-hybridized carbons (Fsp3) is 0.0714. The van der Waals surface area contributed by atoms with Gasteiger partial charge in [0, 0.05) is 6.20 Å². The molecule has 0 bridgehead atoms. The molecular weight excluding hydrogens is 308 g/mol. The number of aromatic amines is 1. The summed E-state index contributed by atoms with van der Waals surface area (Å²) in [5.41, 5.74) is 4.98. The Hall–Kier alpha value is -2.80. The van der Waals surface area contributed by atoms with Crippen LogP contribution in [-0.2, 0) is 4.79 Å². The largest absolute Gasteiger partial charge is 0.357 e. The second kappa shape index (κ2) is 7.28. The number of hydrogen-bond acceptors (Lipinski definition) is 3. The highest BCUT2D eigenvalue weighted by molar-refractivity contribution is 6.33. The minimum atomic E-state index is -0.569. The van der Waals surface area contributed by atoms with Gasteiger partial charge in [-0.1, -0.05) is 23.7 Å². The molecule has 0 fully saturated rings. The van der Waals surface area contributed by atoms with Crippen LogP contribution in [0.25, 0.3) is 0 Å². The lowest BCUT2D eigenvalue weighted by Gasteiger charge is -2.08. The molecule has 0 aliphatic heterocycles. The third-order valence-electron chi connectivity index (χ3n) is 2.69. The van der Waals surface area contributed by atoms with Crippen LogP contribution in [0.1, 0.15) is 20.8 Å². The molecule has 0 radical (unpaired) electrons. The number of hydrazine groups is 1. The van der Waals surface area contributed by atoms with Crippen molar-refractivity contribution in [3.63, 3.8) is 0 Å². The van der Waals surface area contributed by atoms with E-state index in [-0.39, 0.29) is 12.1 Å². The molecule has 22 heavy (non-hydrogen) atoms. The lowest BCUT2D eigenvalue weighted by Crippen LogP contribution is -2.46. The molecule has 3 amide bonds. The number of H-pyrrole nitrogens is 1. The number of aromatic nitrogens is 1. The maximum Gasteiger partial charge on any atom is 0.286 e. The molecule has 0 atom stereocenters. The summed E-state index contributed by atoms with van der Waals surface area (Å²) < 4.78 is 0. The zero-order valence-electron chi connectivity index (χ0n) is 11.4. The predicted molar refractivity (Wildman–Crippen MR) is 80.2 cm³/mol. The molecule has 2 rings (SSSR count). The highest BCUT2D eigenvalue weighted by atomic mass is 35.5. The molecule has 0 aliphatic rings. The SMILES string of the molecule is O=C(CNC(=O)c1ccccc1Cl)NNC(=O)c1ccc[nH]1. The van der Waals surface area contributed by atoms with Crippen molar-refractivity contribution in [2.75, 3.05) is 6.54 Å². The Morgan fingerprint density at radius 3 is 2.45 bits per heavy atom. The predicted octanol–water partition coefficient (Wildman–Crippen LogP) is 0.859. The molecule has 0 saturated carbocycles. The van der Waals surface area contributed by atoms with Crippen LogP contribution in [-0.4, -0.2) is 29.3 Å². The number of nitrogens with one attached hydrogen (secondary N) is 4. The van der Waals surface area contributed by atoms with Crippen molar-refractivity contribution in [3.05, 3.63) is 58.9 Å². The summed E-state index contributed by atoms with van der Waals surface area (Å²) in [5, 5.41) is 2.70. The van der Waals surface area contributed by atoms with Gasteiger partial charge in [0.25, 0.3) is 17.7 Å². The van der Waals surface area contributed by atoms with Gasteiger partial charge in [0.1, 0.15) is 5.69 Å². The van der Waals surface area contributed by atoms with Crippen molar-refractivity contribution in [2.24, 2.45) is 0 Å². The van der Waals surface area contributed by atoms with E-state index >= 15 is 0 Å². The molecule has 4 N–H and O–H groups in total. The number of benzene rings is 1. The van der Waals surface area contributed by atoms with Crippen molar-refractivity contribution in [2.45, 2.75) is 0 Å². The van der Waals surface area contributed by atoms with Gasteiger partial charge in [-0.25, -0.2) is 0 Å². The van der Waals surface area contributed by atoms with Crippen LogP contribution in [0.2, 0.25) is 5.02 Å². The normalized spacial score (nSPS) is 9.86. The first-order chi connectivity index (χ1) is 10.6. The summed E-state index contributed by atoms with van der Waals surface area (Å²) in [4.78, 5) is 37.6. The van der Waals surface area contributed by atoms with Gasteiger partial charge in [-0.05, 0) is 24.3 Å². The average molecular weight is 321 g/mol. The maximum atomic E-state index is 11.8. The molecular formula is C14H13ClN4O3. The molecule has 0 aliphatic carbocycles. The van der Waals surface area contributed by atoms with Crippen molar-refractivity contribution in [3.8, 4) is 0 Å². The van der Waals surface area contributed by atoms with Gasteiger partial charge in [0.15, 0.2) is 0 Å². The van der Waals surface area contributed by atoms with Crippen molar-refractivity contribution in [1.29, 1.82) is 0 Å². The Bertz CT molecular complexity index is 685. The van der Waals surface area contributed by atoms with Crippen LogP contribution in [0.3, 0.4) is 0 Å². The van der Waals surface area contributed by atoms with Gasteiger partial charge in [0.05, 0.1) is 17.1 Å². The van der Waals surface area contributed by atoms with Crippen LogP contribution in [0.5, 0.6) is 0 Å². The summed E-state index contributed by atoms with van der Waals surface area (Å²) in [6.45, 7) is -0.297. The number of rotatable bonds is 4. The number of amides is 3. The maximum absolute atomic E-state index is 11.8. The first-order valence-electron chi connectivity index (χ1n) is 6.33. The minimum absolute atomic E-state index is 0.271. The van der Waals surface area contributed by atoms with Crippen molar-refractivity contribution in [1.82, 2.24) is 21.2 Å². The van der Waals surface area contributed by atoms with E-state index in [2.05, 4.69) is 21.2 Å². The van der Waals surface area contributed by atoms with E-state index in [1.807, 2.05) is 0 Å². The Labute approximate surface area is 131 Å². The molecule has 1 aromatic heterocycles. The van der Waals surface area contributed by atoms with Gasteiger partial charge in [-0.2, -0.15) is 0 Å². The Balaban J connectivity index is 1.77. The monoisotopic (exact) mass is 320 g/mol. The third-order valence-corrected chi connectivity index (χ3v) is 3.02. The molecule has 8 heteroatoms. The van der Waals surface area contributed by atoms with Gasteiger partial charge in [0.2, 0.25) is 0 Å². The lowest BCUT2D eigenvalue weighted by molar-refractivity contribution is -0.120. The molecule has 2 aromatic rings. The zero-order valence-corrected chi connectivity index (χ0v) is 12.1. The van der Waals surface area contributed by atoms with E-state index in [1.54, 1.807) is 42.6 Å². The van der Waals surface area contributed by atoms with Crippen LogP contribution in [0, 0.1) is 0 Å². The standard InChI is InChI=1S/C14H13ClN4O3/c15-10-5-2-1-4-9(10)13(21)17-8-12(20)18-19-14(22)11-6-3-7-16-11/h1-7,16H,8H2,(H,17,21)(H,18,20)(H,19,22). The summed E-state index contributed by atoms with van der Waals surface area (Å²) in [6.07, 6.45) is 1.58. The van der Waals surface area contributed by atoms with Crippen molar-refractivity contribution >= 4 is 29.3 Å². The second-order valence-corrected chi connectivity index (χ2v) is 4.66. The van der Waals surface area contributed by atoms with Crippen LogP contribution in [0.15, 0.2) is 42.6 Å². The lowest BCUT2D eigenvalue weighted by atomic mass is 10.2. The van der Waals surface area contributed by atoms with E-state index in [0.717, 1.165) is 0 Å². The van der Waals surface area contributed by atoms with Gasteiger partial charge >= 0.3 is 0 Å². The molecule has 0 unspecified atom stereocenters. The number of carbonyl (C=O) groups excluding carboxylic acids is 3. The molecule has 7 nitrogen and oxygen atoms in total. The summed E-state index contributed by atoms with van der Waals surface area (Å²) in [6, 6.07) is 9.69. The van der Waals surface area contributed by atoms with Gasteiger partial charge < -0.3 is 10.3 Å². The molecule has 1 heterocycles. The van der Waals surface area contributed by atoms with Crippen LogP contribution in [0.4, 0.5) is 0 Å². The summed E-state index contributed by atoms with van der Waals surface area (Å²) in [5.74, 6) is -1.53. The van der Waals surface area contributed by atoms with E-state index in [9.17, 15) is 14.4 Å². The second-order valence-electron chi connectivity index (χ2n) is 4.25. The summed E-state index contributed by atoms with van der Waals surface area (Å²) in [7, 11) is 0. The van der Waals surface area contributed by atoms with Gasteiger partial charge in [-0.15, -0.1) is 0 Å². The summed E-state index contributed by atoms with van der Waals surface area (Å²) >= 11 is 5.87. The number of halogens is 1. The fourth-order valence-corrected chi connectivity index (χ4v) is 1.83. The first-order valence-corrected chi connectivity index (χ1v) is 6.71. The molecule has 0 saturated heterocycles. The zero-order chi connectivity index (χ0) is 15.9. The minimum Gasteiger partial charge on any atom is -0.357 e. The molecule has 0 spiro atoms. The molecule has 114 valence electrons. The van der Waals surface area contributed by atoms with Crippen LogP contribution >= 0.6 is 11.6 Å². The quantitative estimate of drug-likeness (QED) is 0.628. The van der Waals surface area contributed by atoms with E-state index in [4.69, 9.17) is 11.6 Å². The number of hydrogen-bond donors (Lipinski definition) is 4. The number of carbonyl (C=O) groups is 3. The van der Waals surface area contributed by atoms with E-state index < -0.39 is 17.7 Å². The van der Waals surface area contributed by atoms with Crippen LogP contribution < -0.4 is 16.2 Å². The first kappa shape index (κ1) is 15.6. The average Bonchev–Trinajstić information content (AvgIpc) is 3.05. The highest BCUT2D eigenvalue weighted by Crippen LogP contribution is 2.14. The fourth-order valence-electron chi connectivity index (χ4n) is 1.61. The van der Waals surface area contributed by atoms with E-state index in [1.165, 1.54) is 0 Å². The Morgan fingerprint density at radius 2 is 1.77 bits per heavy atom. The van der Waals surface area contributed by atoms with E-state index in [0.29, 0.717) is 10.7 Å². The third kappa shape index (κ3) is 4.10. The van der Waals surface area contributed by atoms with Crippen molar-refractivity contribution < 1.29 is 14.4 Å². The van der Waals surface area contributed by atoms with Gasteiger partial charge in [-0.3, -0.25) is 25.2 Å². The molecule has 1 aromatic carbocycles. The highest BCUT2D eigenvalue weighted by Gasteiger charge is 2.12. The Kier molecular flexibility index (Phi) is 5.16.